The molecular weight excluding hydrogens is 386 g/mol. The van der Waals surface area contributed by atoms with E-state index in [0.29, 0.717) is 23.5 Å². The number of hydrogen-bond acceptors (Lipinski definition) is 3. The van der Waals surface area contributed by atoms with Gasteiger partial charge < -0.3 is 4.74 Å². The lowest BCUT2D eigenvalue weighted by Crippen LogP contribution is -2.03. The smallest absolute Gasteiger partial charge is 0.194 e. The monoisotopic (exact) mass is 397 g/mol. The Morgan fingerprint density at radius 3 is 2.45 bits per heavy atom. The topological polar surface area (TPSA) is 39.2 Å². The number of pyridine rings is 1. The van der Waals surface area contributed by atoms with Gasteiger partial charge in [-0.3, -0.25) is 9.78 Å². The Balaban J connectivity index is 2.28. The summed E-state index contributed by atoms with van der Waals surface area (Å²) in [7, 11) is 0. The molecule has 5 heteroatoms. The first kappa shape index (κ1) is 15.2. The Kier molecular flexibility index (Phi) is 5.31. The maximum Gasteiger partial charge on any atom is 0.194 e. The van der Waals surface area contributed by atoms with E-state index in [9.17, 15) is 4.79 Å². The first-order chi connectivity index (χ1) is 9.60. The standard InChI is InChI=1S/C15H13Br2NO2/c1-2-3-20-14-6-11(8-18-9-14)15(19)10-4-12(16)7-13(17)5-10/h4-9H,2-3H2,1H3. The van der Waals surface area contributed by atoms with Crippen LogP contribution in [0.5, 0.6) is 5.75 Å². The zero-order valence-electron chi connectivity index (χ0n) is 10.9. The van der Waals surface area contributed by atoms with Crippen LogP contribution >= 0.6 is 31.9 Å². The lowest BCUT2D eigenvalue weighted by molar-refractivity contribution is 0.103. The number of benzene rings is 1. The van der Waals surface area contributed by atoms with E-state index in [1.54, 1.807) is 30.6 Å². The average molecular weight is 399 g/mol. The Hall–Kier alpha value is -1.20. The number of carbonyl (C=O) groups excluding carboxylic acids is 1. The Labute approximate surface area is 134 Å². The number of ketones is 1. The summed E-state index contributed by atoms with van der Waals surface area (Å²) >= 11 is 6.76. The van der Waals surface area contributed by atoms with Crippen LogP contribution in [0.3, 0.4) is 0 Å². The van der Waals surface area contributed by atoms with E-state index in [2.05, 4.69) is 36.8 Å². The highest BCUT2D eigenvalue weighted by atomic mass is 79.9. The van der Waals surface area contributed by atoms with Crippen molar-refractivity contribution >= 4 is 37.6 Å². The summed E-state index contributed by atoms with van der Waals surface area (Å²) in [6, 6.07) is 7.18. The lowest BCUT2D eigenvalue weighted by Gasteiger charge is -2.06. The van der Waals surface area contributed by atoms with Crippen LogP contribution in [0.2, 0.25) is 0 Å². The average Bonchev–Trinajstić information content (AvgIpc) is 2.43. The van der Waals surface area contributed by atoms with Crippen LogP contribution in [-0.4, -0.2) is 17.4 Å². The zero-order valence-corrected chi connectivity index (χ0v) is 14.1. The highest BCUT2D eigenvalue weighted by Crippen LogP contribution is 2.23. The van der Waals surface area contributed by atoms with E-state index in [4.69, 9.17) is 4.74 Å². The number of nitrogens with zero attached hydrogens (tertiary/aromatic N) is 1. The molecule has 0 aliphatic carbocycles. The van der Waals surface area contributed by atoms with Crippen LogP contribution in [0.15, 0.2) is 45.6 Å². The van der Waals surface area contributed by atoms with Gasteiger partial charge in [0.15, 0.2) is 5.78 Å². The highest BCUT2D eigenvalue weighted by Gasteiger charge is 2.12. The normalized spacial score (nSPS) is 10.3. The molecule has 0 amide bonds. The van der Waals surface area contributed by atoms with Crippen molar-refractivity contribution in [2.24, 2.45) is 0 Å². The van der Waals surface area contributed by atoms with Crippen molar-refractivity contribution in [1.82, 2.24) is 4.98 Å². The molecule has 1 heterocycles. The van der Waals surface area contributed by atoms with Gasteiger partial charge in [-0.2, -0.15) is 0 Å². The van der Waals surface area contributed by atoms with Crippen LogP contribution in [0.25, 0.3) is 0 Å². The van der Waals surface area contributed by atoms with Crippen molar-refractivity contribution < 1.29 is 9.53 Å². The minimum atomic E-state index is -0.0820. The number of carbonyl (C=O) groups is 1. The summed E-state index contributed by atoms with van der Waals surface area (Å²) < 4.78 is 7.19. The number of aromatic nitrogens is 1. The molecule has 0 unspecified atom stereocenters. The third-order valence-electron chi connectivity index (χ3n) is 2.57. The second-order valence-electron chi connectivity index (χ2n) is 4.25. The summed E-state index contributed by atoms with van der Waals surface area (Å²) in [6.07, 6.45) is 4.08. The van der Waals surface area contributed by atoms with Gasteiger partial charge in [0.2, 0.25) is 0 Å². The van der Waals surface area contributed by atoms with E-state index in [0.717, 1.165) is 15.4 Å². The van der Waals surface area contributed by atoms with Gasteiger partial charge in [0.25, 0.3) is 0 Å². The molecule has 1 aromatic carbocycles. The summed E-state index contributed by atoms with van der Waals surface area (Å²) in [5, 5.41) is 0. The van der Waals surface area contributed by atoms with Crippen molar-refractivity contribution in [3.05, 3.63) is 56.7 Å². The molecule has 20 heavy (non-hydrogen) atoms. The molecular formula is C15H13Br2NO2. The molecule has 0 aliphatic heterocycles. The minimum absolute atomic E-state index is 0.0820. The van der Waals surface area contributed by atoms with E-state index < -0.39 is 0 Å². The summed E-state index contributed by atoms with van der Waals surface area (Å²) in [5.41, 5.74) is 1.12. The first-order valence-corrected chi connectivity index (χ1v) is 7.77. The molecule has 0 N–H and O–H groups in total. The van der Waals surface area contributed by atoms with Gasteiger partial charge in [0.1, 0.15) is 5.75 Å². The van der Waals surface area contributed by atoms with Gasteiger partial charge in [-0.05, 0) is 30.7 Å². The first-order valence-electron chi connectivity index (χ1n) is 6.19. The quantitative estimate of drug-likeness (QED) is 0.689. The molecule has 0 aliphatic rings. The Morgan fingerprint density at radius 2 is 1.80 bits per heavy atom. The zero-order chi connectivity index (χ0) is 14.5. The number of ether oxygens (including phenoxy) is 1. The summed E-state index contributed by atoms with van der Waals surface area (Å²) in [5.74, 6) is 0.535. The molecule has 0 spiro atoms. The van der Waals surface area contributed by atoms with E-state index in [1.807, 2.05) is 13.0 Å². The van der Waals surface area contributed by atoms with Crippen molar-refractivity contribution in [3.63, 3.8) is 0 Å². The molecule has 0 radical (unpaired) electrons. The number of halogens is 2. The second-order valence-corrected chi connectivity index (χ2v) is 6.08. The van der Waals surface area contributed by atoms with E-state index in [1.165, 1.54) is 0 Å². The predicted molar refractivity (Wildman–Crippen MR) is 85.3 cm³/mol. The Bertz CT molecular complexity index is 609. The van der Waals surface area contributed by atoms with Crippen LogP contribution in [0, 0.1) is 0 Å². The van der Waals surface area contributed by atoms with Crippen LogP contribution in [0.4, 0.5) is 0 Å². The molecule has 2 rings (SSSR count). The maximum atomic E-state index is 12.4. The maximum absolute atomic E-state index is 12.4. The molecule has 0 atom stereocenters. The number of hydrogen-bond donors (Lipinski definition) is 0. The van der Waals surface area contributed by atoms with Crippen molar-refractivity contribution in [1.29, 1.82) is 0 Å². The van der Waals surface area contributed by atoms with Gasteiger partial charge in [-0.1, -0.05) is 38.8 Å². The van der Waals surface area contributed by atoms with Crippen LogP contribution in [-0.2, 0) is 0 Å². The van der Waals surface area contributed by atoms with Crippen molar-refractivity contribution in [2.75, 3.05) is 6.61 Å². The number of rotatable bonds is 5. The molecule has 1 aromatic heterocycles. The largest absolute Gasteiger partial charge is 0.492 e. The third kappa shape index (κ3) is 3.90. The summed E-state index contributed by atoms with van der Waals surface area (Å²) in [6.45, 7) is 2.64. The molecule has 0 bridgehead atoms. The van der Waals surface area contributed by atoms with Gasteiger partial charge in [-0.15, -0.1) is 0 Å². The van der Waals surface area contributed by atoms with Gasteiger partial charge in [-0.25, -0.2) is 0 Å². The SMILES string of the molecule is CCCOc1cncc(C(=O)c2cc(Br)cc(Br)c2)c1. The molecule has 3 nitrogen and oxygen atoms in total. The molecule has 0 saturated heterocycles. The second kappa shape index (κ2) is 6.99. The fourth-order valence-electron chi connectivity index (χ4n) is 1.69. The molecule has 2 aromatic rings. The lowest BCUT2D eigenvalue weighted by atomic mass is 10.1. The molecule has 0 fully saturated rings. The van der Waals surface area contributed by atoms with Gasteiger partial charge >= 0.3 is 0 Å². The minimum Gasteiger partial charge on any atom is -0.492 e. The highest BCUT2D eigenvalue weighted by molar-refractivity contribution is 9.11. The molecule has 0 saturated carbocycles. The van der Waals surface area contributed by atoms with Crippen molar-refractivity contribution in [2.45, 2.75) is 13.3 Å². The van der Waals surface area contributed by atoms with E-state index in [-0.39, 0.29) is 5.78 Å². The fraction of sp³-hybridized carbons (Fsp3) is 0.200. The summed E-state index contributed by atoms with van der Waals surface area (Å²) in [4.78, 5) is 16.5. The predicted octanol–water partition coefficient (Wildman–Crippen LogP) is 4.63. The Morgan fingerprint density at radius 1 is 1.10 bits per heavy atom. The van der Waals surface area contributed by atoms with Crippen LogP contribution < -0.4 is 4.74 Å². The van der Waals surface area contributed by atoms with Crippen molar-refractivity contribution in [3.8, 4) is 5.75 Å². The molecule has 104 valence electrons. The van der Waals surface area contributed by atoms with E-state index >= 15 is 0 Å². The van der Waals surface area contributed by atoms with Gasteiger partial charge in [0.05, 0.1) is 12.8 Å². The van der Waals surface area contributed by atoms with Crippen LogP contribution in [0.1, 0.15) is 29.3 Å². The third-order valence-corrected chi connectivity index (χ3v) is 3.49. The van der Waals surface area contributed by atoms with Gasteiger partial charge in [0, 0.05) is 26.3 Å². The fourth-order valence-corrected chi connectivity index (χ4v) is 2.99.